The standard InChI is InChI=1S/C17H29N3O/c1-5-15(18-6-2)16-9-8-14(12-19-16)20-11-7-10-17(3,13-20)21-4/h8-9,12,15,18H,5-7,10-11,13H2,1-4H3. The van der Waals surface area contributed by atoms with Gasteiger partial charge in [-0.05, 0) is 44.9 Å². The molecule has 1 N–H and O–H groups in total. The van der Waals surface area contributed by atoms with Crippen LogP contribution in [0.4, 0.5) is 5.69 Å². The third-order valence-corrected chi connectivity index (χ3v) is 4.50. The predicted octanol–water partition coefficient (Wildman–Crippen LogP) is 3.15. The van der Waals surface area contributed by atoms with Crippen LogP contribution >= 0.6 is 0 Å². The Labute approximate surface area is 128 Å². The number of hydrogen-bond acceptors (Lipinski definition) is 4. The Morgan fingerprint density at radius 1 is 1.43 bits per heavy atom. The highest BCUT2D eigenvalue weighted by Gasteiger charge is 2.30. The minimum absolute atomic E-state index is 0.0351. The average Bonchev–Trinajstić information content (AvgIpc) is 2.53. The van der Waals surface area contributed by atoms with Crippen molar-refractivity contribution in [2.75, 3.05) is 31.6 Å². The summed E-state index contributed by atoms with van der Waals surface area (Å²) in [7, 11) is 1.81. The van der Waals surface area contributed by atoms with E-state index in [1.807, 2.05) is 13.3 Å². The fourth-order valence-electron chi connectivity index (χ4n) is 3.09. The van der Waals surface area contributed by atoms with Gasteiger partial charge in [-0.15, -0.1) is 0 Å². The van der Waals surface area contributed by atoms with Gasteiger partial charge < -0.3 is 15.0 Å². The van der Waals surface area contributed by atoms with E-state index in [1.165, 1.54) is 12.1 Å². The maximum Gasteiger partial charge on any atom is 0.0825 e. The lowest BCUT2D eigenvalue weighted by Gasteiger charge is -2.40. The maximum atomic E-state index is 5.67. The van der Waals surface area contributed by atoms with Crippen LogP contribution in [0.3, 0.4) is 0 Å². The second kappa shape index (κ2) is 7.23. The molecule has 2 atom stereocenters. The summed E-state index contributed by atoms with van der Waals surface area (Å²) in [4.78, 5) is 7.06. The third kappa shape index (κ3) is 3.95. The molecule has 0 bridgehead atoms. The number of nitrogens with one attached hydrogen (secondary N) is 1. The van der Waals surface area contributed by atoms with Gasteiger partial charge in [0.2, 0.25) is 0 Å². The van der Waals surface area contributed by atoms with E-state index in [0.717, 1.165) is 38.2 Å². The molecule has 21 heavy (non-hydrogen) atoms. The molecule has 0 spiro atoms. The molecule has 2 rings (SSSR count). The van der Waals surface area contributed by atoms with Crippen LogP contribution in [-0.4, -0.2) is 37.3 Å². The van der Waals surface area contributed by atoms with E-state index in [0.29, 0.717) is 6.04 Å². The van der Waals surface area contributed by atoms with Gasteiger partial charge in [0.1, 0.15) is 0 Å². The Morgan fingerprint density at radius 2 is 2.24 bits per heavy atom. The topological polar surface area (TPSA) is 37.4 Å². The Morgan fingerprint density at radius 3 is 2.81 bits per heavy atom. The molecule has 1 aromatic rings. The molecule has 0 amide bonds. The van der Waals surface area contributed by atoms with Gasteiger partial charge in [-0.2, -0.15) is 0 Å². The summed E-state index contributed by atoms with van der Waals surface area (Å²) in [5.41, 5.74) is 2.30. The van der Waals surface area contributed by atoms with Gasteiger partial charge in [0, 0.05) is 26.2 Å². The highest BCUT2D eigenvalue weighted by molar-refractivity contribution is 5.45. The Bertz CT molecular complexity index is 434. The van der Waals surface area contributed by atoms with E-state index in [-0.39, 0.29) is 5.60 Å². The number of hydrogen-bond donors (Lipinski definition) is 1. The van der Waals surface area contributed by atoms with Crippen molar-refractivity contribution in [3.8, 4) is 0 Å². The van der Waals surface area contributed by atoms with Crippen molar-refractivity contribution in [1.29, 1.82) is 0 Å². The maximum absolute atomic E-state index is 5.67. The van der Waals surface area contributed by atoms with Crippen LogP contribution in [-0.2, 0) is 4.74 Å². The molecule has 2 heterocycles. The number of aromatic nitrogens is 1. The predicted molar refractivity (Wildman–Crippen MR) is 87.8 cm³/mol. The number of piperidine rings is 1. The first-order chi connectivity index (χ1) is 10.1. The van der Waals surface area contributed by atoms with Crippen molar-refractivity contribution in [3.05, 3.63) is 24.0 Å². The van der Waals surface area contributed by atoms with Crippen molar-refractivity contribution in [2.45, 2.75) is 51.7 Å². The zero-order valence-electron chi connectivity index (χ0n) is 13.9. The van der Waals surface area contributed by atoms with Gasteiger partial charge in [-0.1, -0.05) is 13.8 Å². The molecule has 0 aliphatic carbocycles. The minimum atomic E-state index is -0.0351. The molecule has 1 saturated heterocycles. The zero-order valence-corrected chi connectivity index (χ0v) is 13.9. The van der Waals surface area contributed by atoms with E-state index < -0.39 is 0 Å². The SMILES string of the molecule is CCNC(CC)c1ccc(N2CCCC(C)(OC)C2)cn1. The molecule has 4 heteroatoms. The van der Waals surface area contributed by atoms with Gasteiger partial charge in [0.25, 0.3) is 0 Å². The first-order valence-electron chi connectivity index (χ1n) is 8.11. The van der Waals surface area contributed by atoms with Crippen LogP contribution in [0.25, 0.3) is 0 Å². The molecule has 118 valence electrons. The normalized spacial score (nSPS) is 24.1. The first-order valence-corrected chi connectivity index (χ1v) is 8.11. The zero-order chi connectivity index (χ0) is 15.3. The molecule has 1 fully saturated rings. The Kier molecular flexibility index (Phi) is 5.59. The number of anilines is 1. The molecule has 0 radical (unpaired) electrons. The highest BCUT2D eigenvalue weighted by atomic mass is 16.5. The van der Waals surface area contributed by atoms with Crippen LogP contribution in [0.2, 0.25) is 0 Å². The number of ether oxygens (including phenoxy) is 1. The number of rotatable bonds is 6. The second-order valence-electron chi connectivity index (χ2n) is 6.14. The molecule has 0 aromatic carbocycles. The van der Waals surface area contributed by atoms with Crippen molar-refractivity contribution in [3.63, 3.8) is 0 Å². The molecule has 1 aromatic heterocycles. The van der Waals surface area contributed by atoms with E-state index in [1.54, 1.807) is 0 Å². The fourth-order valence-corrected chi connectivity index (χ4v) is 3.09. The molecule has 2 unspecified atom stereocenters. The molecule has 4 nitrogen and oxygen atoms in total. The summed E-state index contributed by atoms with van der Waals surface area (Å²) in [6.45, 7) is 9.52. The van der Waals surface area contributed by atoms with Crippen molar-refractivity contribution in [1.82, 2.24) is 10.3 Å². The smallest absolute Gasteiger partial charge is 0.0825 e. The first kappa shape index (κ1) is 16.2. The second-order valence-corrected chi connectivity index (χ2v) is 6.14. The molecule has 1 aliphatic heterocycles. The minimum Gasteiger partial charge on any atom is -0.377 e. The van der Waals surface area contributed by atoms with E-state index in [2.05, 4.69) is 48.1 Å². The van der Waals surface area contributed by atoms with Gasteiger partial charge in [-0.3, -0.25) is 4.98 Å². The Hall–Kier alpha value is -1.13. The van der Waals surface area contributed by atoms with E-state index in [9.17, 15) is 0 Å². The van der Waals surface area contributed by atoms with Crippen LogP contribution in [0.15, 0.2) is 18.3 Å². The summed E-state index contributed by atoms with van der Waals surface area (Å²) < 4.78 is 5.67. The highest BCUT2D eigenvalue weighted by Crippen LogP contribution is 2.28. The van der Waals surface area contributed by atoms with E-state index in [4.69, 9.17) is 4.74 Å². The van der Waals surface area contributed by atoms with Crippen LogP contribution in [0.1, 0.15) is 51.8 Å². The van der Waals surface area contributed by atoms with Crippen molar-refractivity contribution >= 4 is 5.69 Å². The number of methoxy groups -OCH3 is 1. The summed E-state index contributed by atoms with van der Waals surface area (Å²) in [5, 5.41) is 3.47. The lowest BCUT2D eigenvalue weighted by atomic mass is 9.94. The molecule has 1 aliphatic rings. The van der Waals surface area contributed by atoms with Crippen molar-refractivity contribution < 1.29 is 4.74 Å². The fraction of sp³-hybridized carbons (Fsp3) is 0.706. The number of pyridine rings is 1. The summed E-state index contributed by atoms with van der Waals surface area (Å²) in [6, 6.07) is 4.71. The van der Waals surface area contributed by atoms with Gasteiger partial charge in [-0.25, -0.2) is 0 Å². The summed E-state index contributed by atoms with van der Waals surface area (Å²) >= 11 is 0. The van der Waals surface area contributed by atoms with Gasteiger partial charge in [0.05, 0.1) is 23.2 Å². The quantitative estimate of drug-likeness (QED) is 0.873. The van der Waals surface area contributed by atoms with E-state index >= 15 is 0 Å². The summed E-state index contributed by atoms with van der Waals surface area (Å²) in [5.74, 6) is 0. The molecule has 0 saturated carbocycles. The lowest BCUT2D eigenvalue weighted by molar-refractivity contribution is -0.00466. The Balaban J connectivity index is 2.08. The average molecular weight is 291 g/mol. The monoisotopic (exact) mass is 291 g/mol. The molecular weight excluding hydrogens is 262 g/mol. The third-order valence-electron chi connectivity index (χ3n) is 4.50. The van der Waals surface area contributed by atoms with Crippen LogP contribution in [0, 0.1) is 0 Å². The number of nitrogens with zero attached hydrogens (tertiary/aromatic N) is 2. The van der Waals surface area contributed by atoms with Crippen LogP contribution in [0.5, 0.6) is 0 Å². The lowest BCUT2D eigenvalue weighted by Crippen LogP contribution is -2.47. The van der Waals surface area contributed by atoms with Gasteiger partial charge >= 0.3 is 0 Å². The summed E-state index contributed by atoms with van der Waals surface area (Å²) in [6.07, 6.45) is 5.37. The van der Waals surface area contributed by atoms with Crippen LogP contribution < -0.4 is 10.2 Å². The largest absolute Gasteiger partial charge is 0.377 e. The van der Waals surface area contributed by atoms with Crippen molar-refractivity contribution in [2.24, 2.45) is 0 Å². The molecular formula is C17H29N3O. The van der Waals surface area contributed by atoms with Gasteiger partial charge in [0.15, 0.2) is 0 Å².